The van der Waals surface area contributed by atoms with Gasteiger partial charge < -0.3 is 15.3 Å². The Morgan fingerprint density at radius 1 is 1.11 bits per heavy atom. The maximum absolute atomic E-state index is 12.2. The Labute approximate surface area is 114 Å². The number of nitrogens with zero attached hydrogens (tertiary/aromatic N) is 1. The van der Waals surface area contributed by atoms with Crippen LogP contribution in [0.4, 0.5) is 0 Å². The Balaban J connectivity index is 1.90. The average Bonchev–Trinajstić information content (AvgIpc) is 2.92. The van der Waals surface area contributed by atoms with Crippen LogP contribution in [0.15, 0.2) is 0 Å². The number of aliphatic hydroxyl groups excluding tert-OH is 1. The van der Waals surface area contributed by atoms with E-state index in [0.717, 1.165) is 44.9 Å². The van der Waals surface area contributed by atoms with Gasteiger partial charge in [0.25, 0.3) is 0 Å². The van der Waals surface area contributed by atoms with E-state index in [0.29, 0.717) is 13.0 Å². The largest absolute Gasteiger partial charge is 0.396 e. The lowest BCUT2D eigenvalue weighted by atomic mass is 9.99. The Kier molecular flexibility index (Phi) is 5.19. The third-order valence-electron chi connectivity index (χ3n) is 4.23. The number of carbonyl (C=O) groups is 2. The molecule has 2 amide bonds. The lowest BCUT2D eigenvalue weighted by Crippen LogP contribution is -2.51. The van der Waals surface area contributed by atoms with E-state index >= 15 is 0 Å². The van der Waals surface area contributed by atoms with Gasteiger partial charge in [-0.15, -0.1) is 0 Å². The van der Waals surface area contributed by atoms with Crippen molar-refractivity contribution >= 4 is 11.8 Å². The summed E-state index contributed by atoms with van der Waals surface area (Å²) in [5.41, 5.74) is 0. The number of nitrogens with one attached hydrogen (secondary N) is 1. The highest BCUT2D eigenvalue weighted by Gasteiger charge is 2.31. The molecule has 2 rings (SSSR count). The van der Waals surface area contributed by atoms with Crippen molar-refractivity contribution in [2.75, 3.05) is 13.2 Å². The number of piperidine rings is 1. The van der Waals surface area contributed by atoms with Crippen molar-refractivity contribution in [3.63, 3.8) is 0 Å². The number of amides is 2. The van der Waals surface area contributed by atoms with Crippen LogP contribution in [0.2, 0.25) is 0 Å². The molecule has 0 aromatic heterocycles. The fraction of sp³-hybridized carbons (Fsp3) is 0.857. The van der Waals surface area contributed by atoms with Crippen LogP contribution >= 0.6 is 0 Å². The third-order valence-corrected chi connectivity index (χ3v) is 4.23. The summed E-state index contributed by atoms with van der Waals surface area (Å²) in [6.45, 7) is 0.709. The molecule has 1 saturated heterocycles. The molecule has 0 aromatic carbocycles. The molecule has 19 heavy (non-hydrogen) atoms. The number of aliphatic hydroxyl groups is 1. The molecule has 1 aliphatic heterocycles. The summed E-state index contributed by atoms with van der Waals surface area (Å²) in [4.78, 5) is 25.8. The monoisotopic (exact) mass is 268 g/mol. The summed E-state index contributed by atoms with van der Waals surface area (Å²) < 4.78 is 0. The van der Waals surface area contributed by atoms with E-state index in [9.17, 15) is 9.59 Å². The fourth-order valence-corrected chi connectivity index (χ4v) is 3.16. The van der Waals surface area contributed by atoms with Crippen LogP contribution in [-0.4, -0.2) is 47.1 Å². The molecule has 1 unspecified atom stereocenters. The molecule has 2 N–H and O–H groups in total. The molecule has 108 valence electrons. The summed E-state index contributed by atoms with van der Waals surface area (Å²) in [5.74, 6) is -0.873. The fourth-order valence-electron chi connectivity index (χ4n) is 3.16. The number of hydrogen-bond acceptors (Lipinski definition) is 3. The molecular weight excluding hydrogens is 244 g/mol. The van der Waals surface area contributed by atoms with Gasteiger partial charge in [0.15, 0.2) is 0 Å². The first-order chi connectivity index (χ1) is 9.22. The SMILES string of the molecule is O=C(NC1CCCC1)C(=O)N1CCCCC1CCO. The first kappa shape index (κ1) is 14.3. The second kappa shape index (κ2) is 6.89. The minimum absolute atomic E-state index is 0.0283. The van der Waals surface area contributed by atoms with Crippen LogP contribution in [0.5, 0.6) is 0 Å². The highest BCUT2D eigenvalue weighted by Crippen LogP contribution is 2.21. The lowest BCUT2D eigenvalue weighted by Gasteiger charge is -2.35. The van der Waals surface area contributed by atoms with Crippen LogP contribution in [0.25, 0.3) is 0 Å². The Morgan fingerprint density at radius 2 is 1.79 bits per heavy atom. The molecule has 0 bridgehead atoms. The molecule has 1 saturated carbocycles. The number of carbonyl (C=O) groups excluding carboxylic acids is 2. The van der Waals surface area contributed by atoms with E-state index in [-0.39, 0.29) is 18.7 Å². The van der Waals surface area contributed by atoms with Crippen LogP contribution in [0.3, 0.4) is 0 Å². The van der Waals surface area contributed by atoms with Gasteiger partial charge in [-0.25, -0.2) is 0 Å². The standard InChI is InChI=1S/C14H24N2O3/c17-10-8-12-7-3-4-9-16(12)14(19)13(18)15-11-5-1-2-6-11/h11-12,17H,1-10H2,(H,15,18). The summed E-state index contributed by atoms with van der Waals surface area (Å²) in [6, 6.07) is 0.207. The van der Waals surface area contributed by atoms with Gasteiger partial charge in [0.1, 0.15) is 0 Å². The zero-order chi connectivity index (χ0) is 13.7. The van der Waals surface area contributed by atoms with E-state index in [4.69, 9.17) is 5.11 Å². The van der Waals surface area contributed by atoms with Crippen molar-refractivity contribution in [1.82, 2.24) is 10.2 Å². The number of hydrogen-bond donors (Lipinski definition) is 2. The summed E-state index contributed by atoms with van der Waals surface area (Å²) >= 11 is 0. The smallest absolute Gasteiger partial charge is 0.312 e. The van der Waals surface area contributed by atoms with E-state index in [1.54, 1.807) is 4.90 Å². The van der Waals surface area contributed by atoms with Crippen LogP contribution < -0.4 is 5.32 Å². The van der Waals surface area contributed by atoms with E-state index < -0.39 is 11.8 Å². The maximum atomic E-state index is 12.2. The minimum atomic E-state index is -0.461. The van der Waals surface area contributed by atoms with E-state index in [1.165, 1.54) is 0 Å². The van der Waals surface area contributed by atoms with Gasteiger partial charge in [-0.2, -0.15) is 0 Å². The second-order valence-electron chi connectivity index (χ2n) is 5.62. The van der Waals surface area contributed by atoms with Gasteiger partial charge in [-0.3, -0.25) is 9.59 Å². The van der Waals surface area contributed by atoms with Crippen LogP contribution in [-0.2, 0) is 9.59 Å². The summed E-state index contributed by atoms with van der Waals surface area (Å²) in [7, 11) is 0. The van der Waals surface area contributed by atoms with Gasteiger partial charge in [-0.1, -0.05) is 12.8 Å². The average molecular weight is 268 g/mol. The zero-order valence-electron chi connectivity index (χ0n) is 11.4. The maximum Gasteiger partial charge on any atom is 0.312 e. The van der Waals surface area contributed by atoms with Crippen LogP contribution in [0.1, 0.15) is 51.4 Å². The minimum Gasteiger partial charge on any atom is -0.396 e. The Bertz CT molecular complexity index is 325. The number of rotatable bonds is 3. The van der Waals surface area contributed by atoms with E-state index in [1.807, 2.05) is 0 Å². The quantitative estimate of drug-likeness (QED) is 0.744. The molecular formula is C14H24N2O3. The molecule has 0 radical (unpaired) electrons. The normalized spacial score (nSPS) is 24.5. The van der Waals surface area contributed by atoms with Crippen LogP contribution in [0, 0.1) is 0 Å². The predicted octanol–water partition coefficient (Wildman–Crippen LogP) is 0.809. The summed E-state index contributed by atoms with van der Waals surface area (Å²) in [6.07, 6.45) is 7.72. The molecule has 1 atom stereocenters. The van der Waals surface area contributed by atoms with Crippen molar-refractivity contribution in [2.24, 2.45) is 0 Å². The first-order valence-corrected chi connectivity index (χ1v) is 7.44. The van der Waals surface area contributed by atoms with E-state index in [2.05, 4.69) is 5.32 Å². The highest BCUT2D eigenvalue weighted by atomic mass is 16.3. The molecule has 0 spiro atoms. The number of likely N-dealkylation sites (tertiary alicyclic amines) is 1. The Morgan fingerprint density at radius 3 is 2.47 bits per heavy atom. The molecule has 1 heterocycles. The molecule has 5 nitrogen and oxygen atoms in total. The van der Waals surface area contributed by atoms with Gasteiger partial charge in [0.2, 0.25) is 0 Å². The zero-order valence-corrected chi connectivity index (χ0v) is 11.4. The third kappa shape index (κ3) is 3.69. The topological polar surface area (TPSA) is 69.6 Å². The molecule has 5 heteroatoms. The second-order valence-corrected chi connectivity index (χ2v) is 5.62. The Hall–Kier alpha value is -1.10. The molecule has 2 aliphatic rings. The molecule has 0 aromatic rings. The molecule has 1 aliphatic carbocycles. The van der Waals surface area contributed by atoms with Gasteiger partial charge in [0, 0.05) is 25.2 Å². The lowest BCUT2D eigenvalue weighted by molar-refractivity contribution is -0.148. The van der Waals surface area contributed by atoms with Crippen molar-refractivity contribution in [3.8, 4) is 0 Å². The van der Waals surface area contributed by atoms with Gasteiger partial charge >= 0.3 is 11.8 Å². The van der Waals surface area contributed by atoms with Crippen molar-refractivity contribution < 1.29 is 14.7 Å². The molecule has 2 fully saturated rings. The highest BCUT2D eigenvalue weighted by molar-refractivity contribution is 6.35. The predicted molar refractivity (Wildman–Crippen MR) is 71.5 cm³/mol. The van der Waals surface area contributed by atoms with Gasteiger partial charge in [-0.05, 0) is 38.5 Å². The van der Waals surface area contributed by atoms with Gasteiger partial charge in [0.05, 0.1) is 0 Å². The van der Waals surface area contributed by atoms with Crippen molar-refractivity contribution in [1.29, 1.82) is 0 Å². The first-order valence-electron chi connectivity index (χ1n) is 7.44. The van der Waals surface area contributed by atoms with Crippen molar-refractivity contribution in [3.05, 3.63) is 0 Å². The van der Waals surface area contributed by atoms with Crippen molar-refractivity contribution in [2.45, 2.75) is 63.5 Å². The summed E-state index contributed by atoms with van der Waals surface area (Å²) in [5, 5.41) is 11.9.